The lowest BCUT2D eigenvalue weighted by Crippen LogP contribution is -2.34. The van der Waals surface area contributed by atoms with E-state index in [1.807, 2.05) is 30.3 Å². The van der Waals surface area contributed by atoms with Crippen molar-refractivity contribution in [3.8, 4) is 0 Å². The summed E-state index contributed by atoms with van der Waals surface area (Å²) in [5.41, 5.74) is 1.11. The third kappa shape index (κ3) is 6.19. The number of sulfonamides is 1. The van der Waals surface area contributed by atoms with Crippen LogP contribution in [0.2, 0.25) is 5.02 Å². The second kappa shape index (κ2) is 9.73. The van der Waals surface area contributed by atoms with Crippen LogP contribution in [-0.4, -0.2) is 20.9 Å². The number of amides is 1. The Balaban J connectivity index is 1.64. The molecule has 0 fully saturated rings. The topological polar surface area (TPSA) is 88.4 Å². The van der Waals surface area contributed by atoms with Gasteiger partial charge in [-0.15, -0.1) is 0 Å². The van der Waals surface area contributed by atoms with E-state index in [1.165, 1.54) is 30.5 Å². The number of benzene rings is 2. The van der Waals surface area contributed by atoms with E-state index in [1.54, 1.807) is 12.1 Å². The number of hydrogen-bond acceptors (Lipinski definition) is 4. The van der Waals surface area contributed by atoms with E-state index in [9.17, 15) is 13.2 Å². The minimum absolute atomic E-state index is 0.0583. The summed E-state index contributed by atoms with van der Waals surface area (Å²) >= 11 is 5.83. The highest BCUT2D eigenvalue weighted by Crippen LogP contribution is 2.22. The van der Waals surface area contributed by atoms with Gasteiger partial charge >= 0.3 is 0 Å². The Kier molecular flexibility index (Phi) is 7.09. The van der Waals surface area contributed by atoms with Crippen LogP contribution in [-0.2, 0) is 21.2 Å². The van der Waals surface area contributed by atoms with Crippen LogP contribution in [0.3, 0.4) is 0 Å². The molecule has 1 unspecified atom stereocenters. The fourth-order valence-corrected chi connectivity index (χ4v) is 4.14. The first-order chi connectivity index (χ1) is 13.9. The molecule has 2 aromatic carbocycles. The zero-order chi connectivity index (χ0) is 20.7. The van der Waals surface area contributed by atoms with Gasteiger partial charge in [-0.2, -0.15) is 4.72 Å². The van der Waals surface area contributed by atoms with Gasteiger partial charge in [-0.05, 0) is 48.4 Å². The Hall–Kier alpha value is -2.61. The Labute approximate surface area is 174 Å². The lowest BCUT2D eigenvalue weighted by atomic mass is 10.1. The maximum atomic E-state index is 12.7. The van der Waals surface area contributed by atoms with Gasteiger partial charge in [0, 0.05) is 11.6 Å². The number of hydrogen-bond donors (Lipinski definition) is 2. The lowest BCUT2D eigenvalue weighted by Gasteiger charge is -2.17. The summed E-state index contributed by atoms with van der Waals surface area (Å²) < 4.78 is 33.3. The summed E-state index contributed by atoms with van der Waals surface area (Å²) in [6.07, 6.45) is 2.04. The van der Waals surface area contributed by atoms with E-state index in [2.05, 4.69) is 10.0 Å². The van der Waals surface area contributed by atoms with Gasteiger partial charge in [-0.25, -0.2) is 8.42 Å². The molecule has 0 bridgehead atoms. The number of furan rings is 1. The van der Waals surface area contributed by atoms with Crippen LogP contribution >= 0.6 is 11.6 Å². The third-order valence-electron chi connectivity index (χ3n) is 4.28. The van der Waals surface area contributed by atoms with Gasteiger partial charge in [0.15, 0.2) is 0 Å². The Morgan fingerprint density at radius 1 is 1.00 bits per heavy atom. The van der Waals surface area contributed by atoms with Gasteiger partial charge < -0.3 is 9.73 Å². The van der Waals surface area contributed by atoms with Crippen molar-refractivity contribution in [3.05, 3.63) is 89.3 Å². The molecule has 0 saturated heterocycles. The van der Waals surface area contributed by atoms with Crippen LogP contribution in [0.15, 0.2) is 82.3 Å². The maximum Gasteiger partial charge on any atom is 0.241 e. The molecule has 0 aliphatic carbocycles. The normalized spacial score (nSPS) is 12.4. The summed E-state index contributed by atoms with van der Waals surface area (Å²) in [5.74, 6) is 0.0851. The maximum absolute atomic E-state index is 12.7. The molecular weight excluding hydrogens is 412 g/mol. The Bertz CT molecular complexity index is 1020. The minimum atomic E-state index is -3.86. The molecule has 0 spiro atoms. The zero-order valence-electron chi connectivity index (χ0n) is 15.5. The molecule has 0 radical (unpaired) electrons. The van der Waals surface area contributed by atoms with Crippen molar-refractivity contribution in [2.24, 2.45) is 0 Å². The first-order valence-corrected chi connectivity index (χ1v) is 10.9. The van der Waals surface area contributed by atoms with E-state index in [-0.39, 0.29) is 17.2 Å². The quantitative estimate of drug-likeness (QED) is 0.539. The Morgan fingerprint density at radius 2 is 1.72 bits per heavy atom. The van der Waals surface area contributed by atoms with E-state index in [0.29, 0.717) is 23.7 Å². The summed E-state index contributed by atoms with van der Waals surface area (Å²) in [4.78, 5) is 12.5. The lowest BCUT2D eigenvalue weighted by molar-refractivity contribution is -0.121. The first kappa shape index (κ1) is 21.1. The summed E-state index contributed by atoms with van der Waals surface area (Å²) in [5, 5.41) is 3.26. The van der Waals surface area contributed by atoms with Crippen LogP contribution in [0.5, 0.6) is 0 Å². The van der Waals surface area contributed by atoms with Gasteiger partial charge in [0.2, 0.25) is 15.9 Å². The van der Waals surface area contributed by atoms with Crippen LogP contribution in [0.25, 0.3) is 0 Å². The van der Waals surface area contributed by atoms with Crippen molar-refractivity contribution in [2.75, 3.05) is 6.54 Å². The number of carbonyl (C=O) groups is 1. The van der Waals surface area contributed by atoms with Crippen molar-refractivity contribution < 1.29 is 17.6 Å². The van der Waals surface area contributed by atoms with Crippen molar-refractivity contribution in [3.63, 3.8) is 0 Å². The van der Waals surface area contributed by atoms with Gasteiger partial charge in [-0.1, -0.05) is 41.9 Å². The number of nitrogens with one attached hydrogen (secondary N) is 2. The van der Waals surface area contributed by atoms with Gasteiger partial charge in [-0.3, -0.25) is 4.79 Å². The molecule has 0 saturated carbocycles. The van der Waals surface area contributed by atoms with Gasteiger partial charge in [0.05, 0.1) is 23.6 Å². The van der Waals surface area contributed by atoms with Crippen molar-refractivity contribution in [1.82, 2.24) is 10.0 Å². The highest BCUT2D eigenvalue weighted by molar-refractivity contribution is 7.89. The van der Waals surface area contributed by atoms with E-state index in [0.717, 1.165) is 5.56 Å². The molecule has 2 N–H and O–H groups in total. The average molecular weight is 433 g/mol. The number of rotatable bonds is 9. The second-order valence-electron chi connectivity index (χ2n) is 6.43. The van der Waals surface area contributed by atoms with Crippen molar-refractivity contribution in [1.29, 1.82) is 0 Å². The monoisotopic (exact) mass is 432 g/mol. The molecule has 6 nitrogen and oxygen atoms in total. The van der Waals surface area contributed by atoms with Crippen molar-refractivity contribution in [2.45, 2.75) is 23.8 Å². The minimum Gasteiger partial charge on any atom is -0.468 e. The van der Waals surface area contributed by atoms with E-state index in [4.69, 9.17) is 16.0 Å². The van der Waals surface area contributed by atoms with Crippen LogP contribution in [0, 0.1) is 0 Å². The SMILES string of the molecule is O=C(CC(NS(=O)(=O)c1ccc(Cl)cc1)c1ccco1)NCCc1ccccc1. The molecule has 1 heterocycles. The molecule has 8 heteroatoms. The summed E-state index contributed by atoms with van der Waals surface area (Å²) in [6, 6.07) is 18.0. The smallest absolute Gasteiger partial charge is 0.241 e. The zero-order valence-corrected chi connectivity index (χ0v) is 17.1. The molecule has 152 valence electrons. The fourth-order valence-electron chi connectivity index (χ4n) is 2.81. The molecule has 3 aromatic rings. The predicted molar refractivity (Wildman–Crippen MR) is 111 cm³/mol. The average Bonchev–Trinajstić information content (AvgIpc) is 3.23. The number of halogens is 1. The molecule has 1 aromatic heterocycles. The molecule has 3 rings (SSSR count). The summed E-state index contributed by atoms with van der Waals surface area (Å²) in [6.45, 7) is 0.456. The van der Waals surface area contributed by atoms with Crippen molar-refractivity contribution >= 4 is 27.5 Å². The number of carbonyl (C=O) groups excluding carboxylic acids is 1. The predicted octanol–water partition coefficient (Wildman–Crippen LogP) is 3.70. The van der Waals surface area contributed by atoms with Gasteiger partial charge in [0.1, 0.15) is 5.76 Å². The molecular formula is C21H21ClN2O4S. The fraction of sp³-hybridized carbons (Fsp3) is 0.190. The van der Waals surface area contributed by atoms with E-state index < -0.39 is 16.1 Å². The Morgan fingerprint density at radius 3 is 2.38 bits per heavy atom. The highest BCUT2D eigenvalue weighted by Gasteiger charge is 2.25. The molecule has 0 aliphatic rings. The standard InChI is InChI=1S/C21H21ClN2O4S/c22-17-8-10-18(11-9-17)29(26,27)24-19(20-7-4-14-28-20)15-21(25)23-13-12-16-5-2-1-3-6-16/h1-11,14,19,24H,12-13,15H2,(H,23,25). The molecule has 1 amide bonds. The third-order valence-corrected chi connectivity index (χ3v) is 6.02. The molecule has 29 heavy (non-hydrogen) atoms. The first-order valence-electron chi connectivity index (χ1n) is 9.06. The molecule has 1 atom stereocenters. The largest absolute Gasteiger partial charge is 0.468 e. The van der Waals surface area contributed by atoms with Crippen LogP contribution in [0.1, 0.15) is 23.8 Å². The van der Waals surface area contributed by atoms with Crippen LogP contribution < -0.4 is 10.0 Å². The van der Waals surface area contributed by atoms with Crippen LogP contribution in [0.4, 0.5) is 0 Å². The molecule has 0 aliphatic heterocycles. The second-order valence-corrected chi connectivity index (χ2v) is 8.58. The van der Waals surface area contributed by atoms with E-state index >= 15 is 0 Å². The van der Waals surface area contributed by atoms with Gasteiger partial charge in [0.25, 0.3) is 0 Å². The summed E-state index contributed by atoms with van der Waals surface area (Å²) in [7, 11) is -3.86. The highest BCUT2D eigenvalue weighted by atomic mass is 35.5.